The topological polar surface area (TPSA) is 67.7 Å². The van der Waals surface area contributed by atoms with Gasteiger partial charge in [-0.1, -0.05) is 42.5 Å². The highest BCUT2D eigenvalue weighted by molar-refractivity contribution is 5.98. The van der Waals surface area contributed by atoms with Gasteiger partial charge >= 0.3 is 0 Å². The molecule has 2 aliphatic rings. The molecule has 0 radical (unpaired) electrons. The van der Waals surface area contributed by atoms with E-state index in [-0.39, 0.29) is 11.8 Å². The third kappa shape index (κ3) is 3.56. The largest absolute Gasteiger partial charge is 0.496 e. The number of fused-ring (bicyclic) bond motifs is 2. The van der Waals surface area contributed by atoms with Gasteiger partial charge < -0.3 is 14.5 Å². The molecular formula is C24H24N4O3. The smallest absolute Gasteiger partial charge is 0.274 e. The summed E-state index contributed by atoms with van der Waals surface area (Å²) < 4.78 is 7.07. The van der Waals surface area contributed by atoms with Crippen LogP contribution in [0.3, 0.4) is 0 Å². The van der Waals surface area contributed by atoms with Crippen LogP contribution in [-0.4, -0.2) is 51.6 Å². The second-order valence-corrected chi connectivity index (χ2v) is 7.92. The highest BCUT2D eigenvalue weighted by Crippen LogP contribution is 2.24. The molecule has 0 unspecified atom stereocenters. The minimum absolute atomic E-state index is 0.118. The summed E-state index contributed by atoms with van der Waals surface area (Å²) in [5.41, 5.74) is 4.21. The van der Waals surface area contributed by atoms with Crippen LogP contribution in [0.1, 0.15) is 37.7 Å². The van der Waals surface area contributed by atoms with E-state index >= 15 is 0 Å². The first-order valence-electron chi connectivity index (χ1n) is 10.5. The Labute approximate surface area is 180 Å². The molecule has 0 bridgehead atoms. The number of hydrogen-bond acceptors (Lipinski definition) is 4. The van der Waals surface area contributed by atoms with Crippen LogP contribution >= 0.6 is 0 Å². The molecular weight excluding hydrogens is 392 g/mol. The average Bonchev–Trinajstić information content (AvgIpc) is 3.25. The van der Waals surface area contributed by atoms with Crippen LogP contribution in [-0.2, 0) is 26.1 Å². The van der Waals surface area contributed by atoms with Crippen LogP contribution in [0.2, 0.25) is 0 Å². The van der Waals surface area contributed by atoms with Crippen molar-refractivity contribution in [2.45, 2.75) is 26.1 Å². The van der Waals surface area contributed by atoms with Gasteiger partial charge in [0.25, 0.3) is 11.8 Å². The highest BCUT2D eigenvalue weighted by atomic mass is 16.5. The quantitative estimate of drug-likeness (QED) is 0.656. The number of ether oxygens (including phenoxy) is 1. The van der Waals surface area contributed by atoms with E-state index in [1.54, 1.807) is 22.8 Å². The number of para-hydroxylation sites is 1. The zero-order valence-electron chi connectivity index (χ0n) is 17.5. The lowest BCUT2D eigenvalue weighted by molar-refractivity contribution is 0.0678. The summed E-state index contributed by atoms with van der Waals surface area (Å²) >= 11 is 0. The minimum Gasteiger partial charge on any atom is -0.496 e. The SMILES string of the molecule is COc1ccccc1CN1CCn2nc(C(=O)N3CCc4ccccc4C3)cc2C1=O. The van der Waals surface area contributed by atoms with Crippen molar-refractivity contribution >= 4 is 11.8 Å². The van der Waals surface area contributed by atoms with Gasteiger partial charge in [-0.15, -0.1) is 0 Å². The van der Waals surface area contributed by atoms with E-state index in [0.29, 0.717) is 44.1 Å². The molecule has 5 rings (SSSR count). The van der Waals surface area contributed by atoms with E-state index < -0.39 is 0 Å². The van der Waals surface area contributed by atoms with Crippen LogP contribution in [0.5, 0.6) is 5.75 Å². The molecule has 2 aliphatic heterocycles. The fraction of sp³-hybridized carbons (Fsp3) is 0.292. The van der Waals surface area contributed by atoms with Gasteiger partial charge in [-0.3, -0.25) is 14.3 Å². The first kappa shape index (κ1) is 19.4. The first-order chi connectivity index (χ1) is 15.1. The van der Waals surface area contributed by atoms with Crippen molar-refractivity contribution in [1.82, 2.24) is 19.6 Å². The lowest BCUT2D eigenvalue weighted by Crippen LogP contribution is -2.39. The second kappa shape index (κ2) is 7.91. The molecule has 2 aromatic carbocycles. The molecule has 0 fully saturated rings. The van der Waals surface area contributed by atoms with Crippen molar-refractivity contribution < 1.29 is 14.3 Å². The number of benzene rings is 2. The molecule has 0 saturated heterocycles. The Kier molecular flexibility index (Phi) is 4.94. The number of rotatable bonds is 4. The van der Waals surface area contributed by atoms with Crippen LogP contribution in [0.4, 0.5) is 0 Å². The molecule has 2 amide bonds. The molecule has 7 heteroatoms. The molecule has 31 heavy (non-hydrogen) atoms. The first-order valence-corrected chi connectivity index (χ1v) is 10.5. The van der Waals surface area contributed by atoms with Gasteiger partial charge in [0.15, 0.2) is 5.69 Å². The molecule has 0 saturated carbocycles. The molecule has 3 heterocycles. The summed E-state index contributed by atoms with van der Waals surface area (Å²) in [5, 5.41) is 4.46. The molecule has 3 aromatic rings. The minimum atomic E-state index is -0.125. The lowest BCUT2D eigenvalue weighted by atomic mass is 10.00. The van der Waals surface area contributed by atoms with Crippen LogP contribution in [0.15, 0.2) is 54.6 Å². The van der Waals surface area contributed by atoms with Crippen molar-refractivity contribution in [1.29, 1.82) is 0 Å². The molecule has 7 nitrogen and oxygen atoms in total. The van der Waals surface area contributed by atoms with E-state index in [4.69, 9.17) is 4.74 Å². The van der Waals surface area contributed by atoms with E-state index in [9.17, 15) is 9.59 Å². The summed E-state index contributed by atoms with van der Waals surface area (Å²) in [6.07, 6.45) is 0.834. The summed E-state index contributed by atoms with van der Waals surface area (Å²) in [4.78, 5) is 29.8. The van der Waals surface area contributed by atoms with Gasteiger partial charge in [0, 0.05) is 37.8 Å². The van der Waals surface area contributed by atoms with Gasteiger partial charge in [-0.25, -0.2) is 0 Å². The third-order valence-corrected chi connectivity index (χ3v) is 6.06. The van der Waals surface area contributed by atoms with E-state index in [0.717, 1.165) is 17.7 Å². The average molecular weight is 416 g/mol. The zero-order chi connectivity index (χ0) is 21.4. The van der Waals surface area contributed by atoms with Crippen molar-refractivity contribution in [3.8, 4) is 5.75 Å². The molecule has 1 aromatic heterocycles. The predicted molar refractivity (Wildman–Crippen MR) is 115 cm³/mol. The van der Waals surface area contributed by atoms with Gasteiger partial charge in [-0.2, -0.15) is 5.10 Å². The predicted octanol–water partition coefficient (Wildman–Crippen LogP) is 2.75. The number of carbonyl (C=O) groups excluding carboxylic acids is 2. The Morgan fingerprint density at radius 1 is 1.03 bits per heavy atom. The molecule has 0 N–H and O–H groups in total. The Morgan fingerprint density at radius 3 is 2.65 bits per heavy atom. The molecule has 0 aliphatic carbocycles. The van der Waals surface area contributed by atoms with E-state index in [1.165, 1.54) is 11.1 Å². The third-order valence-electron chi connectivity index (χ3n) is 6.06. The number of nitrogens with zero attached hydrogens (tertiary/aromatic N) is 4. The van der Waals surface area contributed by atoms with Gasteiger partial charge in [0.1, 0.15) is 11.4 Å². The number of carbonyl (C=O) groups is 2. The Bertz CT molecular complexity index is 1150. The Hall–Kier alpha value is -3.61. The standard InChI is InChI=1S/C24H24N4O3/c1-31-22-9-5-4-8-19(22)16-27-12-13-28-21(24(27)30)14-20(25-28)23(29)26-11-10-17-6-2-3-7-18(17)15-26/h2-9,14H,10-13,15-16H2,1H3. The normalized spacial score (nSPS) is 15.5. The summed E-state index contributed by atoms with van der Waals surface area (Å²) in [7, 11) is 1.63. The fourth-order valence-electron chi connectivity index (χ4n) is 4.36. The maximum atomic E-state index is 13.1. The van der Waals surface area contributed by atoms with Crippen molar-refractivity contribution in [2.24, 2.45) is 0 Å². The maximum absolute atomic E-state index is 13.1. The number of amides is 2. The molecule has 158 valence electrons. The van der Waals surface area contributed by atoms with Crippen LogP contribution in [0.25, 0.3) is 0 Å². The molecule has 0 atom stereocenters. The van der Waals surface area contributed by atoms with Gasteiger partial charge in [-0.05, 0) is 23.6 Å². The highest BCUT2D eigenvalue weighted by Gasteiger charge is 2.30. The van der Waals surface area contributed by atoms with Gasteiger partial charge in [0.2, 0.25) is 0 Å². The molecule has 0 spiro atoms. The van der Waals surface area contributed by atoms with Gasteiger partial charge in [0.05, 0.1) is 13.7 Å². The van der Waals surface area contributed by atoms with Crippen molar-refractivity contribution in [2.75, 3.05) is 20.2 Å². The zero-order valence-corrected chi connectivity index (χ0v) is 17.5. The Balaban J connectivity index is 1.34. The number of aromatic nitrogens is 2. The van der Waals surface area contributed by atoms with Crippen LogP contribution < -0.4 is 4.74 Å². The lowest BCUT2D eigenvalue weighted by Gasteiger charge is -2.28. The summed E-state index contributed by atoms with van der Waals surface area (Å²) in [6.45, 7) is 2.79. The Morgan fingerprint density at radius 2 is 1.81 bits per heavy atom. The fourth-order valence-corrected chi connectivity index (χ4v) is 4.36. The van der Waals surface area contributed by atoms with Crippen LogP contribution in [0, 0.1) is 0 Å². The van der Waals surface area contributed by atoms with Crippen molar-refractivity contribution in [3.63, 3.8) is 0 Å². The second-order valence-electron chi connectivity index (χ2n) is 7.92. The maximum Gasteiger partial charge on any atom is 0.274 e. The van der Waals surface area contributed by atoms with Crippen molar-refractivity contribution in [3.05, 3.63) is 82.7 Å². The number of hydrogen-bond donors (Lipinski definition) is 0. The summed E-state index contributed by atoms with van der Waals surface area (Å²) in [6, 6.07) is 17.5. The number of methoxy groups -OCH3 is 1. The van der Waals surface area contributed by atoms with E-state index in [2.05, 4.69) is 17.2 Å². The summed E-state index contributed by atoms with van der Waals surface area (Å²) in [5.74, 6) is 0.517. The van der Waals surface area contributed by atoms with E-state index in [1.807, 2.05) is 41.3 Å². The monoisotopic (exact) mass is 416 g/mol.